The molecule has 0 aromatic carbocycles. The van der Waals surface area contributed by atoms with Crippen molar-refractivity contribution in [2.24, 2.45) is 0 Å². The molecule has 0 bridgehead atoms. The number of aliphatic carboxylic acids is 3. The van der Waals surface area contributed by atoms with Crippen LogP contribution in [0.25, 0.3) is 0 Å². The molecule has 31 heavy (non-hydrogen) atoms. The van der Waals surface area contributed by atoms with Crippen molar-refractivity contribution in [2.75, 3.05) is 78.5 Å². The lowest BCUT2D eigenvalue weighted by molar-refractivity contribution is -0.140. The van der Waals surface area contributed by atoms with Crippen LogP contribution in [0.1, 0.15) is 0 Å². The molecule has 13 heteroatoms. The Morgan fingerprint density at radius 3 is 1.29 bits per heavy atom. The van der Waals surface area contributed by atoms with Gasteiger partial charge in [0.2, 0.25) is 0 Å². The van der Waals surface area contributed by atoms with E-state index in [1.54, 1.807) is 14.7 Å². The Hall–Kier alpha value is -1.90. The van der Waals surface area contributed by atoms with Gasteiger partial charge in [-0.25, -0.2) is 0 Å². The zero-order chi connectivity index (χ0) is 23.4. The molecule has 1 heterocycles. The SMILES string of the molecule is C=CC(CN1CCN(CC(=O)O)CCN(CC(=O)O)CCN(CC(=O)O)CC1)S(=O)[O-]. The van der Waals surface area contributed by atoms with E-state index in [1.165, 1.54) is 6.08 Å². The van der Waals surface area contributed by atoms with Crippen LogP contribution in [-0.4, -0.2) is 145 Å². The first kappa shape index (κ1) is 27.1. The second-order valence-electron chi connectivity index (χ2n) is 7.34. The van der Waals surface area contributed by atoms with Gasteiger partial charge in [-0.2, -0.15) is 0 Å². The van der Waals surface area contributed by atoms with Gasteiger partial charge in [-0.3, -0.25) is 38.2 Å². The molecule has 1 aliphatic rings. The molecule has 1 rings (SSSR count). The average Bonchev–Trinajstić information content (AvgIpc) is 2.65. The number of carboxylic acids is 3. The second-order valence-corrected chi connectivity index (χ2v) is 8.47. The van der Waals surface area contributed by atoms with E-state index in [4.69, 9.17) is 5.11 Å². The summed E-state index contributed by atoms with van der Waals surface area (Å²) in [4.78, 5) is 40.5. The van der Waals surface area contributed by atoms with Gasteiger partial charge in [0.05, 0.1) is 24.9 Å². The molecule has 0 aromatic rings. The molecule has 1 saturated heterocycles. The normalized spacial score (nSPS) is 20.8. The van der Waals surface area contributed by atoms with Crippen LogP contribution in [-0.2, 0) is 25.5 Å². The number of hydrogen-bond donors (Lipinski definition) is 3. The van der Waals surface area contributed by atoms with E-state index in [0.29, 0.717) is 52.4 Å². The fourth-order valence-corrected chi connectivity index (χ4v) is 3.77. The number of hydrogen-bond acceptors (Lipinski definition) is 9. The van der Waals surface area contributed by atoms with Gasteiger partial charge in [0.15, 0.2) is 0 Å². The molecule has 2 unspecified atom stereocenters. The van der Waals surface area contributed by atoms with E-state index >= 15 is 0 Å². The first-order chi connectivity index (χ1) is 14.6. The lowest BCUT2D eigenvalue weighted by Crippen LogP contribution is -2.49. The largest absolute Gasteiger partial charge is 0.772 e. The van der Waals surface area contributed by atoms with Crippen molar-refractivity contribution < 1.29 is 38.5 Å². The Bertz CT molecular complexity index is 618. The Morgan fingerprint density at radius 1 is 0.774 bits per heavy atom. The second kappa shape index (κ2) is 14.2. The molecule has 0 aromatic heterocycles. The van der Waals surface area contributed by atoms with E-state index in [-0.39, 0.29) is 26.2 Å². The van der Waals surface area contributed by atoms with Crippen molar-refractivity contribution in [2.45, 2.75) is 5.25 Å². The monoisotopic (exact) mass is 463 g/mol. The number of carbonyl (C=O) groups is 3. The van der Waals surface area contributed by atoms with Crippen molar-refractivity contribution >= 4 is 29.0 Å². The molecule has 1 fully saturated rings. The molecular weight excluding hydrogens is 432 g/mol. The van der Waals surface area contributed by atoms with E-state index in [9.17, 15) is 33.4 Å². The maximum Gasteiger partial charge on any atom is 0.317 e. The van der Waals surface area contributed by atoms with Crippen LogP contribution in [0.15, 0.2) is 12.7 Å². The predicted molar refractivity (Wildman–Crippen MR) is 112 cm³/mol. The zero-order valence-corrected chi connectivity index (χ0v) is 18.2. The summed E-state index contributed by atoms with van der Waals surface area (Å²) in [5, 5.41) is 26.7. The van der Waals surface area contributed by atoms with Crippen molar-refractivity contribution in [1.82, 2.24) is 19.6 Å². The van der Waals surface area contributed by atoms with Gasteiger partial charge < -0.3 is 19.9 Å². The van der Waals surface area contributed by atoms with Gasteiger partial charge in [-0.1, -0.05) is 6.08 Å². The summed E-state index contributed by atoms with van der Waals surface area (Å²) in [5.74, 6) is -3.05. The minimum absolute atomic E-state index is 0.159. The summed E-state index contributed by atoms with van der Waals surface area (Å²) >= 11 is -2.36. The third kappa shape index (κ3) is 11.9. The van der Waals surface area contributed by atoms with Gasteiger partial charge >= 0.3 is 17.9 Å². The lowest BCUT2D eigenvalue weighted by atomic mass is 10.3. The van der Waals surface area contributed by atoms with Crippen LogP contribution < -0.4 is 0 Å². The topological polar surface area (TPSA) is 165 Å². The Morgan fingerprint density at radius 2 is 1.06 bits per heavy atom. The molecule has 3 N–H and O–H groups in total. The predicted octanol–water partition coefficient (Wildman–Crippen LogP) is -2.10. The first-order valence-electron chi connectivity index (χ1n) is 9.86. The third-order valence-corrected chi connectivity index (χ3v) is 5.79. The standard InChI is InChI=1S/C18H32N4O8S/c1-2-15(31(29)30)11-19-3-5-20(12-16(23)24)7-9-22(14-18(27)28)10-8-21(6-4-19)13-17(25)26/h2,15H,1,3-14H2,(H,23,24)(H,25,26)(H,27,28)(H,29,30)/p-1. The summed E-state index contributed by atoms with van der Waals surface area (Å²) in [5.41, 5.74) is 0. The van der Waals surface area contributed by atoms with Gasteiger partial charge in [0, 0.05) is 58.9 Å². The van der Waals surface area contributed by atoms with Crippen LogP contribution in [0.5, 0.6) is 0 Å². The quantitative estimate of drug-likeness (QED) is 0.239. The summed E-state index contributed by atoms with van der Waals surface area (Å²) in [6.45, 7) is 5.66. The summed E-state index contributed by atoms with van der Waals surface area (Å²) in [6.07, 6.45) is 1.33. The highest BCUT2D eigenvalue weighted by Gasteiger charge is 2.21. The molecule has 178 valence electrons. The molecule has 0 saturated carbocycles. The zero-order valence-electron chi connectivity index (χ0n) is 17.4. The molecule has 0 radical (unpaired) electrons. The van der Waals surface area contributed by atoms with E-state index in [0.717, 1.165) is 0 Å². The van der Waals surface area contributed by atoms with Crippen LogP contribution in [0, 0.1) is 0 Å². The summed E-state index contributed by atoms with van der Waals surface area (Å²) in [6, 6.07) is 0. The number of carboxylic acid groups (broad SMARTS) is 3. The highest BCUT2D eigenvalue weighted by Crippen LogP contribution is 2.05. The minimum Gasteiger partial charge on any atom is -0.772 e. The maximum absolute atomic E-state index is 11.4. The van der Waals surface area contributed by atoms with Gasteiger partial charge in [0.25, 0.3) is 0 Å². The molecule has 12 nitrogen and oxygen atoms in total. The molecule has 0 spiro atoms. The molecule has 0 aliphatic carbocycles. The van der Waals surface area contributed by atoms with Crippen molar-refractivity contribution in [3.63, 3.8) is 0 Å². The van der Waals surface area contributed by atoms with Crippen LogP contribution in [0.3, 0.4) is 0 Å². The van der Waals surface area contributed by atoms with E-state index < -0.39 is 34.2 Å². The lowest BCUT2D eigenvalue weighted by Gasteiger charge is -2.34. The van der Waals surface area contributed by atoms with Crippen molar-refractivity contribution in [3.05, 3.63) is 12.7 Å². The van der Waals surface area contributed by atoms with Gasteiger partial charge in [-0.15, -0.1) is 6.58 Å². The molecule has 0 amide bonds. The fourth-order valence-electron chi connectivity index (χ4n) is 3.28. The Balaban J connectivity index is 3.00. The van der Waals surface area contributed by atoms with Crippen LogP contribution in [0.2, 0.25) is 0 Å². The van der Waals surface area contributed by atoms with Crippen molar-refractivity contribution in [3.8, 4) is 0 Å². The highest BCUT2D eigenvalue weighted by molar-refractivity contribution is 7.80. The summed E-state index contributed by atoms with van der Waals surface area (Å²) < 4.78 is 22.8. The fraction of sp³-hybridized carbons (Fsp3) is 0.722. The molecule has 1 aliphatic heterocycles. The maximum atomic E-state index is 11.4. The smallest absolute Gasteiger partial charge is 0.317 e. The minimum atomic E-state index is -2.36. The Kier molecular flexibility index (Phi) is 12.4. The Labute approximate surface area is 184 Å². The third-order valence-electron chi connectivity index (χ3n) is 4.95. The first-order valence-corrected chi connectivity index (χ1v) is 11.0. The molecular formula is C18H31N4O8S-. The number of rotatable bonds is 10. The van der Waals surface area contributed by atoms with Crippen molar-refractivity contribution in [1.29, 1.82) is 0 Å². The molecule has 2 atom stereocenters. The highest BCUT2D eigenvalue weighted by atomic mass is 32.2. The van der Waals surface area contributed by atoms with Crippen LogP contribution >= 0.6 is 0 Å². The van der Waals surface area contributed by atoms with E-state index in [1.807, 2.05) is 4.90 Å². The van der Waals surface area contributed by atoms with Gasteiger partial charge in [0.1, 0.15) is 0 Å². The van der Waals surface area contributed by atoms with Gasteiger partial charge in [-0.05, 0) is 11.1 Å². The average molecular weight is 464 g/mol. The number of nitrogens with zero attached hydrogens (tertiary/aromatic N) is 4. The van der Waals surface area contributed by atoms with E-state index in [2.05, 4.69) is 6.58 Å². The van der Waals surface area contributed by atoms with Crippen LogP contribution in [0.4, 0.5) is 0 Å². The summed E-state index contributed by atoms with van der Waals surface area (Å²) in [7, 11) is 0.